The lowest BCUT2D eigenvalue weighted by Gasteiger charge is -2.12. The molecule has 0 bridgehead atoms. The van der Waals surface area contributed by atoms with Crippen LogP contribution in [-0.4, -0.2) is 28.1 Å². The number of nitrogens with one attached hydrogen (secondary N) is 3. The molecule has 0 saturated heterocycles. The molecule has 7 heteroatoms. The minimum absolute atomic E-state index is 0.244. The van der Waals surface area contributed by atoms with Crippen molar-refractivity contribution in [1.82, 2.24) is 10.2 Å². The third-order valence-electron chi connectivity index (χ3n) is 4.28. The zero-order valence-corrected chi connectivity index (χ0v) is 14.7. The summed E-state index contributed by atoms with van der Waals surface area (Å²) >= 11 is 0. The van der Waals surface area contributed by atoms with E-state index in [1.54, 1.807) is 30.3 Å². The summed E-state index contributed by atoms with van der Waals surface area (Å²) in [6.07, 6.45) is -0.0485. The van der Waals surface area contributed by atoms with Gasteiger partial charge in [-0.3, -0.25) is 14.7 Å². The zero-order chi connectivity index (χ0) is 18.8. The highest BCUT2D eigenvalue weighted by Crippen LogP contribution is 2.28. The predicted molar refractivity (Wildman–Crippen MR) is 101 cm³/mol. The van der Waals surface area contributed by atoms with Crippen molar-refractivity contribution in [2.24, 2.45) is 0 Å². The minimum atomic E-state index is -0.577. The van der Waals surface area contributed by atoms with Crippen molar-refractivity contribution in [1.29, 1.82) is 0 Å². The largest absolute Gasteiger partial charge is 0.480 e. The Hall–Kier alpha value is -3.61. The Morgan fingerprint density at radius 1 is 1.11 bits per heavy atom. The fourth-order valence-electron chi connectivity index (χ4n) is 2.96. The maximum Gasteiger partial charge on any atom is 0.265 e. The van der Waals surface area contributed by atoms with Gasteiger partial charge in [-0.2, -0.15) is 5.10 Å². The molecule has 136 valence electrons. The average molecular weight is 362 g/mol. The van der Waals surface area contributed by atoms with E-state index >= 15 is 0 Å². The number of H-pyrrole nitrogens is 1. The molecule has 0 radical (unpaired) electrons. The molecule has 0 fully saturated rings. The lowest BCUT2D eigenvalue weighted by Crippen LogP contribution is -2.31. The van der Waals surface area contributed by atoms with E-state index in [2.05, 4.69) is 20.8 Å². The van der Waals surface area contributed by atoms with Crippen molar-refractivity contribution in [2.45, 2.75) is 19.4 Å². The van der Waals surface area contributed by atoms with Crippen molar-refractivity contribution in [3.05, 3.63) is 71.4 Å². The number of hydrogen-bond acceptors (Lipinski definition) is 4. The molecule has 1 atom stereocenters. The molecule has 2 amide bonds. The normalized spacial score (nSPS) is 14.9. The molecule has 2 aromatic carbocycles. The Balaban J connectivity index is 1.42. The fraction of sp³-hybridized carbons (Fsp3) is 0.150. The van der Waals surface area contributed by atoms with Crippen LogP contribution in [0.25, 0.3) is 0 Å². The number of aromatic nitrogens is 2. The number of rotatable bonds is 4. The smallest absolute Gasteiger partial charge is 0.265 e. The van der Waals surface area contributed by atoms with E-state index in [1.165, 1.54) is 0 Å². The summed E-state index contributed by atoms with van der Waals surface area (Å²) in [5.74, 6) is 0.637. The Morgan fingerprint density at radius 3 is 2.74 bits per heavy atom. The highest BCUT2D eigenvalue weighted by molar-refractivity contribution is 6.05. The van der Waals surface area contributed by atoms with Crippen molar-refractivity contribution in [2.75, 3.05) is 10.6 Å². The Labute approximate surface area is 155 Å². The molecule has 7 nitrogen and oxygen atoms in total. The lowest BCUT2D eigenvalue weighted by molar-refractivity contribution is -0.122. The van der Waals surface area contributed by atoms with E-state index in [4.69, 9.17) is 4.74 Å². The van der Waals surface area contributed by atoms with Gasteiger partial charge in [0, 0.05) is 29.4 Å². The quantitative estimate of drug-likeness (QED) is 0.665. The molecular weight excluding hydrogens is 344 g/mol. The van der Waals surface area contributed by atoms with Crippen LogP contribution in [0.4, 0.5) is 11.5 Å². The van der Waals surface area contributed by atoms with Gasteiger partial charge >= 0.3 is 0 Å². The first-order valence-electron chi connectivity index (χ1n) is 8.57. The average Bonchev–Trinajstić information content (AvgIpc) is 3.28. The van der Waals surface area contributed by atoms with E-state index < -0.39 is 6.10 Å². The van der Waals surface area contributed by atoms with Crippen LogP contribution >= 0.6 is 0 Å². The van der Waals surface area contributed by atoms with E-state index in [1.807, 2.05) is 31.2 Å². The summed E-state index contributed by atoms with van der Waals surface area (Å²) in [7, 11) is 0. The summed E-state index contributed by atoms with van der Waals surface area (Å²) in [5, 5.41) is 12.3. The molecule has 1 unspecified atom stereocenters. The van der Waals surface area contributed by atoms with Crippen molar-refractivity contribution in [3.8, 4) is 5.75 Å². The number of aryl methyl sites for hydroxylation is 1. The molecule has 1 aliphatic heterocycles. The van der Waals surface area contributed by atoms with E-state index in [0.717, 1.165) is 17.0 Å². The number of nitrogens with zero attached hydrogens (tertiary/aromatic N) is 1. The van der Waals surface area contributed by atoms with Crippen LogP contribution < -0.4 is 15.4 Å². The van der Waals surface area contributed by atoms with Gasteiger partial charge in [0.25, 0.3) is 11.8 Å². The Bertz CT molecular complexity index is 987. The number of para-hydroxylation sites is 1. The van der Waals surface area contributed by atoms with Gasteiger partial charge in [-0.15, -0.1) is 0 Å². The van der Waals surface area contributed by atoms with E-state index in [9.17, 15) is 9.59 Å². The number of carbonyl (C=O) groups excluding carboxylic acids is 2. The maximum atomic E-state index is 12.5. The van der Waals surface area contributed by atoms with Crippen LogP contribution in [0.1, 0.15) is 21.6 Å². The number of amides is 2. The van der Waals surface area contributed by atoms with Gasteiger partial charge in [-0.25, -0.2) is 0 Å². The van der Waals surface area contributed by atoms with Crippen LogP contribution in [-0.2, 0) is 11.2 Å². The van der Waals surface area contributed by atoms with Gasteiger partial charge < -0.3 is 15.4 Å². The zero-order valence-electron chi connectivity index (χ0n) is 14.7. The van der Waals surface area contributed by atoms with Gasteiger partial charge in [0.2, 0.25) is 0 Å². The molecule has 4 rings (SSSR count). The molecule has 0 aliphatic carbocycles. The Morgan fingerprint density at radius 2 is 1.96 bits per heavy atom. The highest BCUT2D eigenvalue weighted by atomic mass is 16.5. The molecule has 0 saturated carbocycles. The first-order chi connectivity index (χ1) is 13.1. The third-order valence-corrected chi connectivity index (χ3v) is 4.28. The minimum Gasteiger partial charge on any atom is -0.480 e. The number of ether oxygens (including phenoxy) is 1. The van der Waals surface area contributed by atoms with Gasteiger partial charge in [0.05, 0.1) is 0 Å². The van der Waals surface area contributed by atoms with Crippen LogP contribution in [0.2, 0.25) is 0 Å². The molecule has 1 aliphatic rings. The summed E-state index contributed by atoms with van der Waals surface area (Å²) in [6.45, 7) is 1.85. The lowest BCUT2D eigenvalue weighted by atomic mass is 10.1. The van der Waals surface area contributed by atoms with Crippen molar-refractivity contribution in [3.63, 3.8) is 0 Å². The van der Waals surface area contributed by atoms with Crippen molar-refractivity contribution >= 4 is 23.3 Å². The van der Waals surface area contributed by atoms with Gasteiger partial charge in [-0.05, 0) is 36.8 Å². The summed E-state index contributed by atoms with van der Waals surface area (Å²) in [5.41, 5.74) is 2.82. The topological polar surface area (TPSA) is 96.1 Å². The van der Waals surface area contributed by atoms with Crippen LogP contribution in [0.5, 0.6) is 5.75 Å². The predicted octanol–water partition coefficient (Wildman–Crippen LogP) is 2.91. The number of benzene rings is 2. The molecule has 27 heavy (non-hydrogen) atoms. The molecular formula is C20H18N4O3. The molecule has 2 heterocycles. The monoisotopic (exact) mass is 362 g/mol. The second-order valence-corrected chi connectivity index (χ2v) is 6.38. The summed E-state index contributed by atoms with van der Waals surface area (Å²) in [6, 6.07) is 16.1. The third kappa shape index (κ3) is 3.67. The fourth-order valence-corrected chi connectivity index (χ4v) is 2.96. The van der Waals surface area contributed by atoms with E-state index in [-0.39, 0.29) is 11.8 Å². The number of carbonyl (C=O) groups is 2. The van der Waals surface area contributed by atoms with E-state index in [0.29, 0.717) is 23.5 Å². The van der Waals surface area contributed by atoms with Gasteiger partial charge in [0.1, 0.15) is 5.75 Å². The molecule has 0 spiro atoms. The summed E-state index contributed by atoms with van der Waals surface area (Å²) < 4.78 is 5.70. The Kier molecular flexibility index (Phi) is 4.33. The van der Waals surface area contributed by atoms with Crippen LogP contribution in [0.15, 0.2) is 54.6 Å². The highest BCUT2D eigenvalue weighted by Gasteiger charge is 2.28. The number of anilines is 2. The number of aromatic amines is 1. The maximum absolute atomic E-state index is 12.5. The number of hydrogen-bond donors (Lipinski definition) is 3. The summed E-state index contributed by atoms with van der Waals surface area (Å²) in [4.78, 5) is 24.9. The van der Waals surface area contributed by atoms with Gasteiger partial charge in [0.15, 0.2) is 11.9 Å². The van der Waals surface area contributed by atoms with Crippen LogP contribution in [0.3, 0.4) is 0 Å². The first-order valence-corrected chi connectivity index (χ1v) is 8.57. The molecule has 3 aromatic rings. The van der Waals surface area contributed by atoms with Crippen LogP contribution in [0, 0.1) is 6.92 Å². The van der Waals surface area contributed by atoms with Gasteiger partial charge in [-0.1, -0.05) is 24.3 Å². The second kappa shape index (κ2) is 6.95. The molecule has 3 N–H and O–H groups in total. The number of fused-ring (bicyclic) bond motifs is 1. The second-order valence-electron chi connectivity index (χ2n) is 6.38. The molecule has 1 aromatic heterocycles. The standard InChI is InChI=1S/C20H18N4O3/c1-12-9-18(24-23-12)22-19(25)14-6-4-7-15(10-14)21-20(26)17-11-13-5-2-3-8-16(13)27-17/h2-10,17H,11H2,1H3,(H,21,26)(H2,22,23,24,25). The first kappa shape index (κ1) is 16.8. The SMILES string of the molecule is Cc1cc(NC(=O)c2cccc(NC(=O)C3Cc4ccccc4O3)c2)n[nH]1. The van der Waals surface area contributed by atoms with Crippen molar-refractivity contribution < 1.29 is 14.3 Å².